The van der Waals surface area contributed by atoms with Crippen LogP contribution < -0.4 is 10.1 Å². The number of aliphatic hydroxyl groups is 1. The molecule has 0 saturated heterocycles. The average Bonchev–Trinajstić information content (AvgIpc) is 2.30. The van der Waals surface area contributed by atoms with Crippen molar-refractivity contribution in [1.82, 2.24) is 5.32 Å². The largest absolute Gasteiger partial charge is 0.494 e. The van der Waals surface area contributed by atoms with Gasteiger partial charge in [0.05, 0.1) is 19.3 Å². The fraction of sp³-hybridized carbons (Fsp3) is 0.571. The zero-order chi connectivity index (χ0) is 12.7. The molecule has 0 amide bonds. The molecule has 17 heavy (non-hydrogen) atoms. The molecule has 0 aliphatic rings. The van der Waals surface area contributed by atoms with Gasteiger partial charge in [0.1, 0.15) is 5.75 Å². The van der Waals surface area contributed by atoms with Gasteiger partial charge in [-0.1, -0.05) is 26.0 Å². The summed E-state index contributed by atoms with van der Waals surface area (Å²) in [6.45, 7) is 7.92. The second-order valence-electron chi connectivity index (χ2n) is 4.54. The number of nitrogens with one attached hydrogen (secondary N) is 1. The van der Waals surface area contributed by atoms with Gasteiger partial charge < -0.3 is 15.2 Å². The molecule has 1 unspecified atom stereocenters. The molecule has 1 rings (SSSR count). The highest BCUT2D eigenvalue weighted by Gasteiger charge is 2.10. The van der Waals surface area contributed by atoms with E-state index < -0.39 is 0 Å². The molecule has 1 aromatic rings. The van der Waals surface area contributed by atoms with Crippen LogP contribution >= 0.6 is 0 Å². The first-order valence-corrected chi connectivity index (χ1v) is 6.24. The molecule has 0 bridgehead atoms. The van der Waals surface area contributed by atoms with Crippen molar-refractivity contribution in [3.8, 4) is 5.75 Å². The molecule has 0 radical (unpaired) electrons. The van der Waals surface area contributed by atoms with E-state index in [-0.39, 0.29) is 12.6 Å². The van der Waals surface area contributed by atoms with Gasteiger partial charge in [-0.15, -0.1) is 0 Å². The van der Waals surface area contributed by atoms with E-state index in [1.165, 1.54) is 0 Å². The van der Waals surface area contributed by atoms with Crippen molar-refractivity contribution in [2.45, 2.75) is 26.8 Å². The summed E-state index contributed by atoms with van der Waals surface area (Å²) in [6, 6.07) is 7.87. The van der Waals surface area contributed by atoms with Crippen LogP contribution in [-0.4, -0.2) is 24.9 Å². The number of hydrogen-bond donors (Lipinski definition) is 2. The summed E-state index contributed by atoms with van der Waals surface area (Å²) < 4.78 is 5.46. The Morgan fingerprint density at radius 1 is 1.35 bits per heavy atom. The van der Waals surface area contributed by atoms with Crippen LogP contribution in [0.25, 0.3) is 0 Å². The third-order valence-corrected chi connectivity index (χ3v) is 2.53. The number of benzene rings is 1. The maximum atomic E-state index is 9.41. The predicted octanol–water partition coefficient (Wildman–Crippen LogP) is 2.36. The van der Waals surface area contributed by atoms with Crippen molar-refractivity contribution >= 4 is 0 Å². The van der Waals surface area contributed by atoms with Crippen LogP contribution in [0.15, 0.2) is 24.3 Å². The van der Waals surface area contributed by atoms with Crippen molar-refractivity contribution < 1.29 is 9.84 Å². The molecule has 0 fully saturated rings. The summed E-state index contributed by atoms with van der Waals surface area (Å²) in [5.74, 6) is 1.42. The van der Waals surface area contributed by atoms with Gasteiger partial charge in [0.2, 0.25) is 0 Å². The zero-order valence-electron chi connectivity index (χ0n) is 10.9. The second-order valence-corrected chi connectivity index (χ2v) is 4.54. The quantitative estimate of drug-likeness (QED) is 0.765. The maximum absolute atomic E-state index is 9.41. The molecule has 0 spiro atoms. The van der Waals surface area contributed by atoms with Gasteiger partial charge in [-0.2, -0.15) is 0 Å². The number of hydrogen-bond acceptors (Lipinski definition) is 3. The van der Waals surface area contributed by atoms with Crippen molar-refractivity contribution in [1.29, 1.82) is 0 Å². The van der Waals surface area contributed by atoms with Gasteiger partial charge in [-0.25, -0.2) is 0 Å². The average molecular weight is 237 g/mol. The van der Waals surface area contributed by atoms with E-state index in [0.29, 0.717) is 12.5 Å². The minimum atomic E-state index is -0.0159. The highest BCUT2D eigenvalue weighted by molar-refractivity contribution is 5.30. The molecule has 2 N–H and O–H groups in total. The lowest BCUT2D eigenvalue weighted by Gasteiger charge is -2.18. The first-order valence-electron chi connectivity index (χ1n) is 6.24. The van der Waals surface area contributed by atoms with Gasteiger partial charge in [0.15, 0.2) is 0 Å². The number of ether oxygens (including phenoxy) is 1. The Labute approximate surface area is 104 Å². The van der Waals surface area contributed by atoms with Gasteiger partial charge in [0.25, 0.3) is 0 Å². The van der Waals surface area contributed by atoms with E-state index >= 15 is 0 Å². The second kappa shape index (κ2) is 7.30. The van der Waals surface area contributed by atoms with Gasteiger partial charge >= 0.3 is 0 Å². The van der Waals surface area contributed by atoms with E-state index in [2.05, 4.69) is 19.2 Å². The van der Waals surface area contributed by atoms with E-state index in [9.17, 15) is 5.11 Å². The molecule has 0 saturated carbocycles. The van der Waals surface area contributed by atoms with Crippen molar-refractivity contribution in [3.05, 3.63) is 29.8 Å². The molecule has 1 atom stereocenters. The topological polar surface area (TPSA) is 41.5 Å². The van der Waals surface area contributed by atoms with Crippen LogP contribution in [0.1, 0.15) is 32.4 Å². The van der Waals surface area contributed by atoms with Crippen LogP contribution in [0.5, 0.6) is 5.75 Å². The highest BCUT2D eigenvalue weighted by atomic mass is 16.5. The Morgan fingerprint density at radius 2 is 2.12 bits per heavy atom. The molecule has 96 valence electrons. The molecule has 0 heterocycles. The Balaban J connectivity index is 2.69. The summed E-state index contributed by atoms with van der Waals surface area (Å²) in [7, 11) is 0. The molecule has 3 heteroatoms. The number of rotatable bonds is 7. The Kier molecular flexibility index (Phi) is 6.01. The van der Waals surface area contributed by atoms with Crippen molar-refractivity contribution in [2.24, 2.45) is 5.92 Å². The summed E-state index contributed by atoms with van der Waals surface area (Å²) in [5.41, 5.74) is 1.07. The first-order chi connectivity index (χ1) is 8.17. The van der Waals surface area contributed by atoms with Crippen molar-refractivity contribution in [3.63, 3.8) is 0 Å². The Morgan fingerprint density at radius 3 is 2.71 bits per heavy atom. The summed E-state index contributed by atoms with van der Waals surface area (Å²) in [4.78, 5) is 0. The van der Waals surface area contributed by atoms with Crippen LogP contribution in [0, 0.1) is 5.92 Å². The normalized spacial score (nSPS) is 12.8. The third kappa shape index (κ3) is 4.75. The molecule has 0 aliphatic carbocycles. The van der Waals surface area contributed by atoms with Crippen LogP contribution in [0.4, 0.5) is 0 Å². The predicted molar refractivity (Wildman–Crippen MR) is 70.3 cm³/mol. The minimum absolute atomic E-state index is 0.0159. The zero-order valence-corrected chi connectivity index (χ0v) is 10.9. The summed E-state index contributed by atoms with van der Waals surface area (Å²) in [6.07, 6.45) is 0. The fourth-order valence-electron chi connectivity index (χ4n) is 1.65. The van der Waals surface area contributed by atoms with E-state index in [1.807, 2.05) is 31.2 Å². The number of aliphatic hydroxyl groups excluding tert-OH is 1. The monoisotopic (exact) mass is 237 g/mol. The van der Waals surface area contributed by atoms with Gasteiger partial charge in [-0.05, 0) is 37.1 Å². The lowest BCUT2D eigenvalue weighted by atomic mass is 10.1. The Hall–Kier alpha value is -1.06. The molecule has 3 nitrogen and oxygen atoms in total. The van der Waals surface area contributed by atoms with E-state index in [0.717, 1.165) is 17.9 Å². The minimum Gasteiger partial charge on any atom is -0.494 e. The molecule has 1 aromatic carbocycles. The Bertz CT molecular complexity index is 326. The maximum Gasteiger partial charge on any atom is 0.119 e. The molecule has 0 aliphatic heterocycles. The standard InChI is InChI=1S/C14H23NO2/c1-4-17-13-7-5-6-12(8-13)14(10-16)15-9-11(2)3/h5-8,11,14-16H,4,9-10H2,1-3H3. The van der Waals surface area contributed by atoms with Crippen LogP contribution in [0.2, 0.25) is 0 Å². The molecule has 0 aromatic heterocycles. The molecular weight excluding hydrogens is 214 g/mol. The van der Waals surface area contributed by atoms with Gasteiger partial charge in [-0.3, -0.25) is 0 Å². The lowest BCUT2D eigenvalue weighted by Crippen LogP contribution is -2.27. The lowest BCUT2D eigenvalue weighted by molar-refractivity contribution is 0.240. The smallest absolute Gasteiger partial charge is 0.119 e. The van der Waals surface area contributed by atoms with E-state index in [1.54, 1.807) is 0 Å². The van der Waals surface area contributed by atoms with Gasteiger partial charge in [0, 0.05) is 0 Å². The summed E-state index contributed by atoms with van der Waals surface area (Å²) >= 11 is 0. The molecular formula is C14H23NO2. The fourth-order valence-corrected chi connectivity index (χ4v) is 1.65. The van der Waals surface area contributed by atoms with E-state index in [4.69, 9.17) is 4.74 Å². The van der Waals surface area contributed by atoms with Crippen molar-refractivity contribution in [2.75, 3.05) is 19.8 Å². The first kappa shape index (κ1) is 14.0. The van der Waals surface area contributed by atoms with Crippen LogP contribution in [-0.2, 0) is 0 Å². The third-order valence-electron chi connectivity index (χ3n) is 2.53. The SMILES string of the molecule is CCOc1cccc(C(CO)NCC(C)C)c1. The van der Waals surface area contributed by atoms with Crippen LogP contribution in [0.3, 0.4) is 0 Å². The highest BCUT2D eigenvalue weighted by Crippen LogP contribution is 2.19. The summed E-state index contributed by atoms with van der Waals surface area (Å²) in [5, 5.41) is 12.8.